The van der Waals surface area contributed by atoms with Crippen LogP contribution in [-0.4, -0.2) is 23.1 Å². The van der Waals surface area contributed by atoms with Gasteiger partial charge in [0, 0.05) is 5.02 Å². The number of aliphatic carboxylic acids is 1. The molecule has 0 spiro atoms. The second kappa shape index (κ2) is 7.90. The summed E-state index contributed by atoms with van der Waals surface area (Å²) in [7, 11) is 0. The lowest BCUT2D eigenvalue weighted by molar-refractivity contribution is -0.162. The lowest BCUT2D eigenvalue weighted by Crippen LogP contribution is -2.28. The van der Waals surface area contributed by atoms with E-state index < -0.39 is 17.9 Å². The van der Waals surface area contributed by atoms with Crippen LogP contribution in [0, 0.1) is 5.92 Å². The molecule has 0 saturated carbocycles. The highest BCUT2D eigenvalue weighted by Crippen LogP contribution is 2.15. The van der Waals surface area contributed by atoms with E-state index in [4.69, 9.17) is 21.4 Å². The molecule has 0 amide bonds. The highest BCUT2D eigenvalue weighted by Gasteiger charge is 2.27. The Kier molecular flexibility index (Phi) is 6.52. The van der Waals surface area contributed by atoms with Gasteiger partial charge in [0.25, 0.3) is 0 Å². The van der Waals surface area contributed by atoms with Crippen LogP contribution in [0.4, 0.5) is 0 Å². The Morgan fingerprint density at radius 1 is 1.40 bits per heavy atom. The fourth-order valence-electron chi connectivity index (χ4n) is 1.84. The van der Waals surface area contributed by atoms with Crippen LogP contribution in [0.25, 0.3) is 0 Å². The minimum atomic E-state index is -1.14. The average Bonchev–Trinajstić information content (AvgIpc) is 2.36. The molecular weight excluding hydrogens is 280 g/mol. The topological polar surface area (TPSA) is 63.6 Å². The van der Waals surface area contributed by atoms with E-state index >= 15 is 0 Å². The number of hydrogen-bond donors (Lipinski definition) is 1. The third-order valence-electron chi connectivity index (χ3n) is 3.04. The lowest BCUT2D eigenvalue weighted by Gasteiger charge is -2.16. The zero-order valence-corrected chi connectivity index (χ0v) is 12.4. The van der Waals surface area contributed by atoms with Crippen molar-refractivity contribution in [3.8, 4) is 0 Å². The number of hydrogen-bond acceptors (Lipinski definition) is 3. The first-order valence-corrected chi connectivity index (χ1v) is 6.99. The van der Waals surface area contributed by atoms with Crippen molar-refractivity contribution in [2.75, 3.05) is 0 Å². The van der Waals surface area contributed by atoms with Crippen LogP contribution in [0.3, 0.4) is 0 Å². The van der Waals surface area contributed by atoms with Crippen LogP contribution in [0.15, 0.2) is 24.3 Å². The second-order valence-electron chi connectivity index (χ2n) is 4.72. The number of carbonyl (C=O) groups is 2. The number of carboxylic acid groups (broad SMARTS) is 1. The van der Waals surface area contributed by atoms with Gasteiger partial charge < -0.3 is 9.84 Å². The van der Waals surface area contributed by atoms with Gasteiger partial charge in [-0.25, -0.2) is 0 Å². The van der Waals surface area contributed by atoms with E-state index in [9.17, 15) is 9.59 Å². The number of aryl methyl sites for hydroxylation is 1. The molecule has 0 heterocycles. The van der Waals surface area contributed by atoms with E-state index in [1.807, 2.05) is 18.2 Å². The molecule has 0 aliphatic heterocycles. The Morgan fingerprint density at radius 2 is 2.10 bits per heavy atom. The van der Waals surface area contributed by atoms with Gasteiger partial charge in [-0.05, 0) is 43.9 Å². The predicted molar refractivity (Wildman–Crippen MR) is 76.7 cm³/mol. The first kappa shape index (κ1) is 16.5. The van der Waals surface area contributed by atoms with Crippen molar-refractivity contribution < 1.29 is 19.4 Å². The maximum atomic E-state index is 11.7. The van der Waals surface area contributed by atoms with Crippen LogP contribution in [-0.2, 0) is 20.7 Å². The number of carboxylic acids is 1. The monoisotopic (exact) mass is 298 g/mol. The Morgan fingerprint density at radius 3 is 2.65 bits per heavy atom. The third kappa shape index (κ3) is 5.21. The van der Waals surface area contributed by atoms with Gasteiger partial charge in [0.15, 0.2) is 5.92 Å². The molecular formula is C15H19ClO4. The molecule has 2 atom stereocenters. The molecule has 4 nitrogen and oxygen atoms in total. The van der Waals surface area contributed by atoms with Gasteiger partial charge in [0.05, 0.1) is 6.10 Å². The van der Waals surface area contributed by atoms with E-state index in [0.29, 0.717) is 11.4 Å². The van der Waals surface area contributed by atoms with Crippen molar-refractivity contribution >= 4 is 23.5 Å². The molecule has 1 rings (SSSR count). The quantitative estimate of drug-likeness (QED) is 0.619. The van der Waals surface area contributed by atoms with Crippen LogP contribution in [0.2, 0.25) is 5.02 Å². The molecule has 1 aromatic rings. The van der Waals surface area contributed by atoms with Crippen molar-refractivity contribution in [2.24, 2.45) is 5.92 Å². The van der Waals surface area contributed by atoms with E-state index in [0.717, 1.165) is 12.0 Å². The van der Waals surface area contributed by atoms with Crippen molar-refractivity contribution in [3.05, 3.63) is 34.9 Å². The van der Waals surface area contributed by atoms with Crippen LogP contribution in [0.5, 0.6) is 0 Å². The first-order chi connectivity index (χ1) is 9.43. The molecule has 0 fully saturated rings. The summed E-state index contributed by atoms with van der Waals surface area (Å²) >= 11 is 5.89. The van der Waals surface area contributed by atoms with Crippen molar-refractivity contribution in [1.82, 2.24) is 0 Å². The number of halogens is 1. The van der Waals surface area contributed by atoms with Gasteiger partial charge in [-0.1, -0.05) is 30.7 Å². The number of carbonyl (C=O) groups excluding carboxylic acids is 1. The van der Waals surface area contributed by atoms with E-state index in [1.54, 1.807) is 19.9 Å². The number of rotatable bonds is 7. The van der Waals surface area contributed by atoms with Crippen molar-refractivity contribution in [2.45, 2.75) is 39.2 Å². The van der Waals surface area contributed by atoms with E-state index in [2.05, 4.69) is 0 Å². The van der Waals surface area contributed by atoms with Gasteiger partial charge in [-0.3, -0.25) is 9.59 Å². The normalized spacial score (nSPS) is 13.6. The highest BCUT2D eigenvalue weighted by molar-refractivity contribution is 6.30. The molecule has 20 heavy (non-hydrogen) atoms. The summed E-state index contributed by atoms with van der Waals surface area (Å²) in [5, 5.41) is 9.55. The Balaban J connectivity index is 2.45. The zero-order chi connectivity index (χ0) is 15.1. The number of benzene rings is 1. The van der Waals surface area contributed by atoms with E-state index in [-0.39, 0.29) is 12.5 Å². The lowest BCUT2D eigenvalue weighted by atomic mass is 10.1. The highest BCUT2D eigenvalue weighted by atomic mass is 35.5. The van der Waals surface area contributed by atoms with Gasteiger partial charge in [0.1, 0.15) is 0 Å². The SMILES string of the molecule is CCC(C(=O)O)C(=O)OC(C)CCc1cccc(Cl)c1. The summed E-state index contributed by atoms with van der Waals surface area (Å²) in [6.45, 7) is 3.41. The maximum absolute atomic E-state index is 11.7. The average molecular weight is 299 g/mol. The fraction of sp³-hybridized carbons (Fsp3) is 0.467. The summed E-state index contributed by atoms with van der Waals surface area (Å²) in [4.78, 5) is 22.5. The molecule has 0 saturated heterocycles. The van der Waals surface area contributed by atoms with Gasteiger partial charge in [0.2, 0.25) is 0 Å². The standard InChI is InChI=1S/C15H19ClO4/c1-3-13(14(17)18)15(19)20-10(2)7-8-11-5-4-6-12(16)9-11/h4-6,9-10,13H,3,7-8H2,1-2H3,(H,17,18). The van der Waals surface area contributed by atoms with Crippen LogP contribution < -0.4 is 0 Å². The van der Waals surface area contributed by atoms with Crippen molar-refractivity contribution in [1.29, 1.82) is 0 Å². The molecule has 2 unspecified atom stereocenters. The molecule has 0 aliphatic rings. The Bertz CT molecular complexity index is 473. The summed E-state index contributed by atoms with van der Waals surface area (Å²) in [6.07, 6.45) is 1.26. The summed E-state index contributed by atoms with van der Waals surface area (Å²) in [5.74, 6) is -2.89. The predicted octanol–water partition coefficient (Wildman–Crippen LogP) is 3.32. The van der Waals surface area contributed by atoms with E-state index in [1.165, 1.54) is 0 Å². The molecule has 5 heteroatoms. The fourth-order valence-corrected chi connectivity index (χ4v) is 2.06. The van der Waals surface area contributed by atoms with Crippen molar-refractivity contribution in [3.63, 3.8) is 0 Å². The van der Waals surface area contributed by atoms with Gasteiger partial charge in [-0.2, -0.15) is 0 Å². The molecule has 0 aliphatic carbocycles. The van der Waals surface area contributed by atoms with Crippen LogP contribution >= 0.6 is 11.6 Å². The zero-order valence-electron chi connectivity index (χ0n) is 11.6. The molecule has 1 aromatic carbocycles. The summed E-state index contributed by atoms with van der Waals surface area (Å²) in [5.41, 5.74) is 1.06. The molecule has 0 bridgehead atoms. The molecule has 0 radical (unpaired) electrons. The second-order valence-corrected chi connectivity index (χ2v) is 5.15. The third-order valence-corrected chi connectivity index (χ3v) is 3.27. The first-order valence-electron chi connectivity index (χ1n) is 6.61. The Labute approximate surface area is 123 Å². The maximum Gasteiger partial charge on any atom is 0.320 e. The molecule has 1 N–H and O–H groups in total. The minimum Gasteiger partial charge on any atom is -0.481 e. The van der Waals surface area contributed by atoms with Crippen LogP contribution in [0.1, 0.15) is 32.3 Å². The van der Waals surface area contributed by atoms with Gasteiger partial charge in [-0.15, -0.1) is 0 Å². The number of esters is 1. The smallest absolute Gasteiger partial charge is 0.320 e. The summed E-state index contributed by atoms with van der Waals surface area (Å²) < 4.78 is 5.16. The summed E-state index contributed by atoms with van der Waals surface area (Å²) in [6, 6.07) is 7.48. The largest absolute Gasteiger partial charge is 0.481 e. The number of ether oxygens (including phenoxy) is 1. The minimum absolute atomic E-state index is 0.231. The Hall–Kier alpha value is -1.55. The van der Waals surface area contributed by atoms with Gasteiger partial charge >= 0.3 is 11.9 Å². The molecule has 110 valence electrons. The molecule has 0 aromatic heterocycles.